The second kappa shape index (κ2) is 9.17. The van der Waals surface area contributed by atoms with Crippen LogP contribution in [0.3, 0.4) is 0 Å². The van der Waals surface area contributed by atoms with E-state index in [9.17, 15) is 4.79 Å². The fraction of sp³-hybridized carbons (Fsp3) is 0.278. The van der Waals surface area contributed by atoms with Gasteiger partial charge in [-0.15, -0.1) is 0 Å². The highest BCUT2D eigenvalue weighted by molar-refractivity contribution is 6.36. The number of hydrogen-bond donors (Lipinski definition) is 1. The lowest BCUT2D eigenvalue weighted by Gasteiger charge is -2.08. The zero-order chi connectivity index (χ0) is 16.7. The van der Waals surface area contributed by atoms with Gasteiger partial charge in [-0.05, 0) is 48.6 Å². The van der Waals surface area contributed by atoms with Crippen molar-refractivity contribution in [2.24, 2.45) is 0 Å². The molecule has 2 rings (SSSR count). The lowest BCUT2D eigenvalue weighted by molar-refractivity contribution is -0.121. The number of benzene rings is 2. The SMILES string of the molecule is O=C(CCc1c(Cl)cccc1Cl)NCCCc1ccccc1Cl. The maximum atomic E-state index is 11.9. The standard InChI is InChI=1S/C18H18Cl3NO/c19-15-7-2-1-5-13(15)6-4-12-22-18(23)11-10-14-16(20)8-3-9-17(14)21/h1-3,5,7-9H,4,6,10-12H2,(H,22,23). The molecule has 122 valence electrons. The molecule has 1 N–H and O–H groups in total. The Morgan fingerprint density at radius 3 is 2.22 bits per heavy atom. The first-order valence-electron chi connectivity index (χ1n) is 7.51. The second-order valence-corrected chi connectivity index (χ2v) is 6.47. The molecule has 0 fully saturated rings. The average molecular weight is 371 g/mol. The van der Waals surface area contributed by atoms with Crippen LogP contribution in [0.5, 0.6) is 0 Å². The van der Waals surface area contributed by atoms with Crippen molar-refractivity contribution in [2.75, 3.05) is 6.54 Å². The van der Waals surface area contributed by atoms with E-state index in [1.54, 1.807) is 18.2 Å². The Bertz CT molecular complexity index is 653. The Morgan fingerprint density at radius 1 is 0.870 bits per heavy atom. The van der Waals surface area contributed by atoms with E-state index in [1.165, 1.54) is 0 Å². The largest absolute Gasteiger partial charge is 0.356 e. The van der Waals surface area contributed by atoms with E-state index in [1.807, 2.05) is 24.3 Å². The first kappa shape index (κ1) is 18.1. The fourth-order valence-corrected chi connectivity index (χ4v) is 3.12. The van der Waals surface area contributed by atoms with Gasteiger partial charge >= 0.3 is 0 Å². The van der Waals surface area contributed by atoms with Crippen LogP contribution in [0.25, 0.3) is 0 Å². The van der Waals surface area contributed by atoms with Gasteiger partial charge in [0.1, 0.15) is 0 Å². The monoisotopic (exact) mass is 369 g/mol. The minimum Gasteiger partial charge on any atom is -0.356 e. The van der Waals surface area contributed by atoms with E-state index < -0.39 is 0 Å². The number of nitrogens with one attached hydrogen (secondary N) is 1. The molecular formula is C18H18Cl3NO. The normalized spacial score (nSPS) is 10.6. The third kappa shape index (κ3) is 5.72. The van der Waals surface area contributed by atoms with Gasteiger partial charge < -0.3 is 5.32 Å². The molecule has 0 saturated carbocycles. The molecule has 23 heavy (non-hydrogen) atoms. The van der Waals surface area contributed by atoms with E-state index >= 15 is 0 Å². The number of hydrogen-bond acceptors (Lipinski definition) is 1. The molecule has 2 aromatic rings. The maximum absolute atomic E-state index is 11.9. The van der Waals surface area contributed by atoms with Gasteiger partial charge in [0.15, 0.2) is 0 Å². The van der Waals surface area contributed by atoms with Gasteiger partial charge in [0.25, 0.3) is 0 Å². The lowest BCUT2D eigenvalue weighted by Crippen LogP contribution is -2.25. The van der Waals surface area contributed by atoms with Crippen LogP contribution in [0.2, 0.25) is 15.1 Å². The van der Waals surface area contributed by atoms with Crippen LogP contribution < -0.4 is 5.32 Å². The van der Waals surface area contributed by atoms with Crippen LogP contribution in [0.4, 0.5) is 0 Å². The summed E-state index contributed by atoms with van der Waals surface area (Å²) >= 11 is 18.3. The molecule has 0 aliphatic rings. The molecule has 0 aliphatic carbocycles. The second-order valence-electron chi connectivity index (χ2n) is 5.25. The molecule has 5 heteroatoms. The van der Waals surface area contributed by atoms with Gasteiger partial charge in [-0.25, -0.2) is 0 Å². The summed E-state index contributed by atoms with van der Waals surface area (Å²) in [6, 6.07) is 13.1. The summed E-state index contributed by atoms with van der Waals surface area (Å²) in [5, 5.41) is 4.89. The van der Waals surface area contributed by atoms with Crippen LogP contribution in [-0.2, 0) is 17.6 Å². The first-order chi connectivity index (χ1) is 11.1. The van der Waals surface area contributed by atoms with Gasteiger partial charge in [0.2, 0.25) is 5.91 Å². The summed E-state index contributed by atoms with van der Waals surface area (Å²) in [5.41, 5.74) is 1.92. The highest BCUT2D eigenvalue weighted by atomic mass is 35.5. The van der Waals surface area contributed by atoms with Gasteiger partial charge in [0, 0.05) is 28.0 Å². The number of rotatable bonds is 7. The first-order valence-corrected chi connectivity index (χ1v) is 8.64. The summed E-state index contributed by atoms with van der Waals surface area (Å²) in [6.07, 6.45) is 2.60. The van der Waals surface area contributed by atoms with Crippen LogP contribution in [-0.4, -0.2) is 12.5 Å². The van der Waals surface area contributed by atoms with E-state index in [0.717, 1.165) is 29.0 Å². The quantitative estimate of drug-likeness (QED) is 0.656. The maximum Gasteiger partial charge on any atom is 0.220 e. The number of aryl methyl sites for hydroxylation is 1. The molecule has 0 spiro atoms. The van der Waals surface area contributed by atoms with E-state index in [-0.39, 0.29) is 5.91 Å². The molecule has 2 aromatic carbocycles. The van der Waals surface area contributed by atoms with Crippen molar-refractivity contribution in [3.05, 3.63) is 68.7 Å². The van der Waals surface area contributed by atoms with Crippen molar-refractivity contribution >= 4 is 40.7 Å². The van der Waals surface area contributed by atoms with E-state index in [2.05, 4.69) is 5.32 Å². The predicted molar refractivity (Wildman–Crippen MR) is 97.6 cm³/mol. The Labute approximate surface area is 151 Å². The number of halogens is 3. The van der Waals surface area contributed by atoms with Gasteiger partial charge in [-0.1, -0.05) is 59.1 Å². The van der Waals surface area contributed by atoms with Crippen molar-refractivity contribution in [1.29, 1.82) is 0 Å². The molecule has 0 saturated heterocycles. The van der Waals surface area contributed by atoms with Crippen molar-refractivity contribution in [3.63, 3.8) is 0 Å². The Morgan fingerprint density at radius 2 is 1.52 bits per heavy atom. The minimum absolute atomic E-state index is 0.000134. The lowest BCUT2D eigenvalue weighted by atomic mass is 10.1. The molecule has 1 amide bonds. The topological polar surface area (TPSA) is 29.1 Å². The summed E-state index contributed by atoms with van der Waals surface area (Å²) < 4.78 is 0. The molecule has 0 atom stereocenters. The van der Waals surface area contributed by atoms with E-state index in [0.29, 0.717) is 29.4 Å². The molecule has 0 radical (unpaired) electrons. The molecular weight excluding hydrogens is 353 g/mol. The van der Waals surface area contributed by atoms with Crippen molar-refractivity contribution in [2.45, 2.75) is 25.7 Å². The predicted octanol–water partition coefficient (Wildman–Crippen LogP) is 5.33. The third-order valence-electron chi connectivity index (χ3n) is 3.57. The molecule has 0 aliphatic heterocycles. The van der Waals surface area contributed by atoms with E-state index in [4.69, 9.17) is 34.8 Å². The van der Waals surface area contributed by atoms with Crippen molar-refractivity contribution < 1.29 is 4.79 Å². The third-order valence-corrected chi connectivity index (χ3v) is 4.64. The highest BCUT2D eigenvalue weighted by Crippen LogP contribution is 2.25. The molecule has 0 bridgehead atoms. The summed E-state index contributed by atoms with van der Waals surface area (Å²) in [7, 11) is 0. The average Bonchev–Trinajstić information content (AvgIpc) is 2.52. The van der Waals surface area contributed by atoms with Crippen molar-refractivity contribution in [1.82, 2.24) is 5.32 Å². The molecule has 0 aromatic heterocycles. The van der Waals surface area contributed by atoms with Crippen LogP contribution in [0, 0.1) is 0 Å². The number of carbonyl (C=O) groups is 1. The van der Waals surface area contributed by atoms with Crippen LogP contribution >= 0.6 is 34.8 Å². The number of carbonyl (C=O) groups excluding carboxylic acids is 1. The zero-order valence-corrected chi connectivity index (χ0v) is 14.9. The zero-order valence-electron chi connectivity index (χ0n) is 12.6. The molecule has 0 heterocycles. The summed E-state index contributed by atoms with van der Waals surface area (Å²) in [4.78, 5) is 11.9. The van der Waals surface area contributed by atoms with Gasteiger partial charge in [0.05, 0.1) is 0 Å². The van der Waals surface area contributed by atoms with Crippen LogP contribution in [0.1, 0.15) is 24.0 Å². The number of amides is 1. The summed E-state index contributed by atoms with van der Waals surface area (Å²) in [5.74, 6) is 0.000134. The van der Waals surface area contributed by atoms with Gasteiger partial charge in [-0.2, -0.15) is 0 Å². The molecule has 2 nitrogen and oxygen atoms in total. The van der Waals surface area contributed by atoms with Gasteiger partial charge in [-0.3, -0.25) is 4.79 Å². The summed E-state index contributed by atoms with van der Waals surface area (Å²) in [6.45, 7) is 0.625. The smallest absolute Gasteiger partial charge is 0.220 e. The Kier molecular flexibility index (Phi) is 7.22. The van der Waals surface area contributed by atoms with Crippen LogP contribution in [0.15, 0.2) is 42.5 Å². The Hall–Kier alpha value is -1.22. The fourth-order valence-electron chi connectivity index (χ4n) is 2.31. The Balaban J connectivity index is 1.71. The van der Waals surface area contributed by atoms with Crippen molar-refractivity contribution in [3.8, 4) is 0 Å². The molecule has 0 unspecified atom stereocenters. The minimum atomic E-state index is 0.000134. The highest BCUT2D eigenvalue weighted by Gasteiger charge is 2.08.